The van der Waals surface area contributed by atoms with E-state index in [1.165, 1.54) is 18.4 Å². The van der Waals surface area contributed by atoms with Crippen molar-refractivity contribution >= 4 is 25.7 Å². The SMILES string of the molecule is CC1CC2C3CCC4=CC(=O)C=CC4(C)C3(Cl)C(O[Si](C)(C)C(C)(C)C)CC2(C)C1. The molecule has 0 saturated heterocycles. The molecule has 3 fully saturated rings. The minimum absolute atomic E-state index is 0.0168. The molecule has 4 heteroatoms. The molecule has 0 N–H and O–H groups in total. The Morgan fingerprint density at radius 2 is 1.83 bits per heavy atom. The van der Waals surface area contributed by atoms with Gasteiger partial charge in [-0.1, -0.05) is 53.2 Å². The number of ketones is 1. The third-order valence-corrected chi connectivity index (χ3v) is 15.2. The van der Waals surface area contributed by atoms with E-state index in [0.29, 0.717) is 17.3 Å². The van der Waals surface area contributed by atoms with Gasteiger partial charge in [-0.2, -0.15) is 0 Å². The molecule has 0 radical (unpaired) electrons. The van der Waals surface area contributed by atoms with E-state index >= 15 is 0 Å². The average Bonchev–Trinajstić information content (AvgIpc) is 2.89. The third-order valence-electron chi connectivity index (χ3n) is 9.84. The fourth-order valence-electron chi connectivity index (χ4n) is 7.27. The van der Waals surface area contributed by atoms with Crippen molar-refractivity contribution in [3.63, 3.8) is 0 Å². The van der Waals surface area contributed by atoms with Crippen LogP contribution in [0.1, 0.15) is 73.6 Å². The lowest BCUT2D eigenvalue weighted by Crippen LogP contribution is -2.67. The van der Waals surface area contributed by atoms with Gasteiger partial charge in [-0.15, -0.1) is 11.6 Å². The van der Waals surface area contributed by atoms with E-state index in [0.717, 1.165) is 25.2 Å². The Kier molecular flexibility index (Phi) is 5.17. The summed E-state index contributed by atoms with van der Waals surface area (Å²) in [5, 5.41) is 0.142. The maximum atomic E-state index is 12.2. The zero-order chi connectivity index (χ0) is 22.3. The van der Waals surface area contributed by atoms with Crippen LogP contribution < -0.4 is 0 Å². The van der Waals surface area contributed by atoms with Crippen LogP contribution in [0.15, 0.2) is 23.8 Å². The minimum atomic E-state index is -2.01. The number of hydrogen-bond acceptors (Lipinski definition) is 2. The molecule has 4 aliphatic rings. The van der Waals surface area contributed by atoms with Crippen molar-refractivity contribution in [2.24, 2.45) is 28.6 Å². The predicted octanol–water partition coefficient (Wildman–Crippen LogP) is 7.29. The van der Waals surface area contributed by atoms with Crippen molar-refractivity contribution in [1.29, 1.82) is 0 Å². The van der Waals surface area contributed by atoms with Crippen LogP contribution in [0.3, 0.4) is 0 Å². The lowest BCUT2D eigenvalue weighted by atomic mass is 9.47. The van der Waals surface area contributed by atoms with Gasteiger partial charge in [-0.3, -0.25) is 4.79 Å². The molecule has 4 rings (SSSR count). The second kappa shape index (κ2) is 6.81. The van der Waals surface area contributed by atoms with Crippen LogP contribution in [0, 0.1) is 28.6 Å². The first-order valence-electron chi connectivity index (χ1n) is 11.9. The standard InChI is InChI=1S/C26H41ClO2Si/c1-17-13-21-20-10-9-18-14-19(28)11-12-25(18,6)26(20,27)22(16-24(21,5)15-17)29-30(7,8)23(2,3)4/h11-12,14,17,20-22H,9-10,13,15-16H2,1-8H3. The lowest BCUT2D eigenvalue weighted by Gasteiger charge is -2.64. The molecule has 2 nitrogen and oxygen atoms in total. The summed E-state index contributed by atoms with van der Waals surface area (Å²) in [6.07, 6.45) is 11.4. The molecule has 4 aliphatic carbocycles. The summed E-state index contributed by atoms with van der Waals surface area (Å²) in [7, 11) is -2.01. The molecule has 0 heterocycles. The van der Waals surface area contributed by atoms with E-state index in [1.54, 1.807) is 6.08 Å². The van der Waals surface area contributed by atoms with Gasteiger partial charge in [-0.05, 0) is 85.6 Å². The van der Waals surface area contributed by atoms with Crippen molar-refractivity contribution in [3.05, 3.63) is 23.8 Å². The highest BCUT2D eigenvalue weighted by Gasteiger charge is 2.69. The zero-order valence-electron chi connectivity index (χ0n) is 20.3. The number of halogens is 1. The second-order valence-corrected chi connectivity index (χ2v) is 18.3. The molecule has 0 aromatic rings. The molecule has 7 unspecified atom stereocenters. The Morgan fingerprint density at radius 1 is 1.17 bits per heavy atom. The van der Waals surface area contributed by atoms with E-state index in [4.69, 9.17) is 16.0 Å². The van der Waals surface area contributed by atoms with E-state index < -0.39 is 13.2 Å². The fourth-order valence-corrected chi connectivity index (χ4v) is 9.25. The summed E-state index contributed by atoms with van der Waals surface area (Å²) in [6, 6.07) is 0. The summed E-state index contributed by atoms with van der Waals surface area (Å²) >= 11 is 7.93. The monoisotopic (exact) mass is 448 g/mol. The molecule has 30 heavy (non-hydrogen) atoms. The summed E-state index contributed by atoms with van der Waals surface area (Å²) < 4.78 is 7.23. The van der Waals surface area contributed by atoms with E-state index in [2.05, 4.69) is 60.7 Å². The molecule has 168 valence electrons. The molecule has 3 saturated carbocycles. The fraction of sp³-hybridized carbons (Fsp3) is 0.808. The minimum Gasteiger partial charge on any atom is -0.412 e. The van der Waals surface area contributed by atoms with Crippen LogP contribution in [0.4, 0.5) is 0 Å². The molecule has 0 amide bonds. The maximum Gasteiger partial charge on any atom is 0.192 e. The average molecular weight is 449 g/mol. The predicted molar refractivity (Wildman–Crippen MR) is 128 cm³/mol. The molecule has 0 aromatic heterocycles. The number of allylic oxidation sites excluding steroid dienone is 4. The Bertz CT molecular complexity index is 808. The zero-order valence-corrected chi connectivity index (χ0v) is 22.0. The summed E-state index contributed by atoms with van der Waals surface area (Å²) in [4.78, 5) is 11.7. The Balaban J connectivity index is 1.84. The smallest absolute Gasteiger partial charge is 0.192 e. The van der Waals surface area contributed by atoms with Crippen molar-refractivity contribution in [2.75, 3.05) is 0 Å². The summed E-state index contributed by atoms with van der Waals surface area (Å²) in [5.74, 6) is 1.94. The van der Waals surface area contributed by atoms with Gasteiger partial charge >= 0.3 is 0 Å². The Morgan fingerprint density at radius 3 is 2.47 bits per heavy atom. The van der Waals surface area contributed by atoms with Crippen molar-refractivity contribution < 1.29 is 9.22 Å². The first-order chi connectivity index (χ1) is 13.6. The Labute approximate surface area is 190 Å². The number of carbonyl (C=O) groups excluding carboxylic acids is 1. The number of hydrogen-bond donors (Lipinski definition) is 0. The second-order valence-electron chi connectivity index (χ2n) is 12.9. The van der Waals surface area contributed by atoms with E-state index in [-0.39, 0.29) is 22.3 Å². The molecule has 0 bridgehead atoms. The van der Waals surface area contributed by atoms with Gasteiger partial charge in [0.2, 0.25) is 0 Å². The first-order valence-corrected chi connectivity index (χ1v) is 15.2. The topological polar surface area (TPSA) is 26.3 Å². The molecule has 0 aliphatic heterocycles. The molecule has 0 aromatic carbocycles. The highest BCUT2D eigenvalue weighted by molar-refractivity contribution is 6.74. The quantitative estimate of drug-likeness (QED) is 0.327. The van der Waals surface area contributed by atoms with Gasteiger partial charge in [-0.25, -0.2) is 0 Å². The highest BCUT2D eigenvalue weighted by atomic mass is 35.5. The van der Waals surface area contributed by atoms with Gasteiger partial charge in [0, 0.05) is 5.41 Å². The van der Waals surface area contributed by atoms with Crippen LogP contribution in [0.5, 0.6) is 0 Å². The van der Waals surface area contributed by atoms with Gasteiger partial charge in [0.15, 0.2) is 14.1 Å². The van der Waals surface area contributed by atoms with E-state index in [9.17, 15) is 4.79 Å². The van der Waals surface area contributed by atoms with E-state index in [1.807, 2.05) is 6.08 Å². The lowest BCUT2D eigenvalue weighted by molar-refractivity contribution is -0.111. The number of fused-ring (bicyclic) bond motifs is 5. The maximum absolute atomic E-state index is 12.2. The number of rotatable bonds is 2. The molecule has 7 atom stereocenters. The van der Waals surface area contributed by atoms with Gasteiger partial charge < -0.3 is 4.43 Å². The van der Waals surface area contributed by atoms with Crippen molar-refractivity contribution in [3.8, 4) is 0 Å². The van der Waals surface area contributed by atoms with Crippen LogP contribution >= 0.6 is 11.6 Å². The largest absolute Gasteiger partial charge is 0.412 e. The van der Waals surface area contributed by atoms with Gasteiger partial charge in [0.25, 0.3) is 0 Å². The summed E-state index contributed by atoms with van der Waals surface area (Å²) in [5.41, 5.74) is 1.21. The molecular weight excluding hydrogens is 408 g/mol. The Hall–Kier alpha value is -0.383. The normalized spacial score (nSPS) is 46.2. The van der Waals surface area contributed by atoms with Crippen LogP contribution in [0.25, 0.3) is 0 Å². The van der Waals surface area contributed by atoms with Crippen molar-refractivity contribution in [2.45, 2.75) is 103 Å². The number of alkyl halides is 1. The highest BCUT2D eigenvalue weighted by Crippen LogP contribution is 2.70. The first kappa shape index (κ1) is 22.8. The molecule has 0 spiro atoms. The third kappa shape index (κ3) is 3.09. The van der Waals surface area contributed by atoms with Crippen molar-refractivity contribution in [1.82, 2.24) is 0 Å². The summed E-state index contributed by atoms with van der Waals surface area (Å²) in [6.45, 7) is 18.9. The van der Waals surface area contributed by atoms with Gasteiger partial charge in [0.05, 0.1) is 11.0 Å². The van der Waals surface area contributed by atoms with Gasteiger partial charge in [0.1, 0.15) is 0 Å². The van der Waals surface area contributed by atoms with Crippen LogP contribution in [-0.4, -0.2) is 25.1 Å². The van der Waals surface area contributed by atoms with Crippen LogP contribution in [-0.2, 0) is 9.22 Å². The van der Waals surface area contributed by atoms with Crippen LogP contribution in [0.2, 0.25) is 18.1 Å². The molecular formula is C26H41ClO2Si. The number of carbonyl (C=O) groups is 1.